The molecule has 0 aliphatic rings. The summed E-state index contributed by atoms with van der Waals surface area (Å²) in [6.07, 6.45) is 0. The van der Waals surface area contributed by atoms with Crippen LogP contribution in [0.2, 0.25) is 0 Å². The standard InChI is InChI=1S/C18H26N2O4S/c1-18(2,3)9-8-12-10-13(15(25-12)17(22)24-7)19-14(11-23-6)16(21)20(4)5/h10,14,19H,11H2,1-7H3. The first-order chi connectivity index (χ1) is 11.6. The van der Waals surface area contributed by atoms with Gasteiger partial charge < -0.3 is 19.7 Å². The molecule has 7 heteroatoms. The van der Waals surface area contributed by atoms with Crippen LogP contribution in [0.1, 0.15) is 35.3 Å². The molecule has 1 heterocycles. The molecule has 138 valence electrons. The number of hydrogen-bond acceptors (Lipinski definition) is 6. The molecular formula is C18H26N2O4S. The number of esters is 1. The Labute approximate surface area is 153 Å². The number of likely N-dealkylation sites (N-methyl/N-ethyl adjacent to an activating group) is 1. The van der Waals surface area contributed by atoms with E-state index in [1.807, 2.05) is 20.8 Å². The Morgan fingerprint density at radius 1 is 1.32 bits per heavy atom. The summed E-state index contributed by atoms with van der Waals surface area (Å²) in [7, 11) is 6.18. The van der Waals surface area contributed by atoms with Crippen molar-refractivity contribution < 1.29 is 19.1 Å². The number of rotatable bonds is 6. The zero-order valence-corrected chi connectivity index (χ0v) is 16.7. The third-order valence-corrected chi connectivity index (χ3v) is 4.10. The van der Waals surface area contributed by atoms with Crippen LogP contribution in [0.5, 0.6) is 0 Å². The molecule has 0 aromatic carbocycles. The van der Waals surface area contributed by atoms with Gasteiger partial charge in [-0.1, -0.05) is 11.8 Å². The van der Waals surface area contributed by atoms with Gasteiger partial charge in [-0.05, 0) is 26.8 Å². The van der Waals surface area contributed by atoms with Gasteiger partial charge in [0.25, 0.3) is 0 Å². The number of nitrogens with zero attached hydrogens (tertiary/aromatic N) is 1. The molecule has 1 atom stereocenters. The van der Waals surface area contributed by atoms with Gasteiger partial charge in [0.2, 0.25) is 5.91 Å². The van der Waals surface area contributed by atoms with E-state index in [0.717, 1.165) is 4.88 Å². The Morgan fingerprint density at radius 2 is 1.96 bits per heavy atom. The van der Waals surface area contributed by atoms with Crippen LogP contribution in [-0.2, 0) is 14.3 Å². The van der Waals surface area contributed by atoms with Crippen LogP contribution in [0, 0.1) is 17.3 Å². The number of anilines is 1. The van der Waals surface area contributed by atoms with Crippen LogP contribution in [0.4, 0.5) is 5.69 Å². The van der Waals surface area contributed by atoms with Gasteiger partial charge in [0.1, 0.15) is 10.9 Å². The fourth-order valence-corrected chi connectivity index (χ4v) is 2.79. The van der Waals surface area contributed by atoms with Gasteiger partial charge in [-0.3, -0.25) is 4.79 Å². The summed E-state index contributed by atoms with van der Waals surface area (Å²) in [5, 5.41) is 3.09. The van der Waals surface area contributed by atoms with E-state index in [2.05, 4.69) is 17.2 Å². The molecule has 6 nitrogen and oxygen atoms in total. The Hall–Kier alpha value is -2.04. The summed E-state index contributed by atoms with van der Waals surface area (Å²) in [5.41, 5.74) is 0.370. The van der Waals surface area contributed by atoms with Crippen LogP contribution in [0.25, 0.3) is 0 Å². The molecule has 0 fully saturated rings. The molecule has 0 aliphatic heterocycles. The molecule has 1 amide bonds. The molecule has 0 bridgehead atoms. The number of hydrogen-bond donors (Lipinski definition) is 1. The molecule has 1 N–H and O–H groups in total. The van der Waals surface area contributed by atoms with Crippen molar-refractivity contribution in [1.29, 1.82) is 0 Å². The van der Waals surface area contributed by atoms with Gasteiger partial charge in [0.15, 0.2) is 0 Å². The predicted octanol–water partition coefficient (Wildman–Crippen LogP) is 2.45. The van der Waals surface area contributed by atoms with Crippen LogP contribution in [0.3, 0.4) is 0 Å². The zero-order chi connectivity index (χ0) is 19.2. The molecule has 1 rings (SSSR count). The summed E-state index contributed by atoms with van der Waals surface area (Å²) in [4.78, 5) is 26.9. The van der Waals surface area contributed by atoms with Crippen LogP contribution >= 0.6 is 11.3 Å². The first kappa shape index (κ1) is 21.0. The van der Waals surface area contributed by atoms with Gasteiger partial charge >= 0.3 is 5.97 Å². The monoisotopic (exact) mass is 366 g/mol. The summed E-state index contributed by atoms with van der Waals surface area (Å²) >= 11 is 1.24. The van der Waals surface area contributed by atoms with Crippen LogP contribution < -0.4 is 5.32 Å². The second-order valence-corrected chi connectivity index (χ2v) is 7.78. The minimum Gasteiger partial charge on any atom is -0.465 e. The van der Waals surface area contributed by atoms with E-state index in [9.17, 15) is 9.59 Å². The van der Waals surface area contributed by atoms with E-state index in [1.54, 1.807) is 20.2 Å². The highest BCUT2D eigenvalue weighted by Crippen LogP contribution is 2.29. The number of thiophene rings is 1. The lowest BCUT2D eigenvalue weighted by Gasteiger charge is -2.21. The van der Waals surface area contributed by atoms with Gasteiger partial charge in [0, 0.05) is 26.6 Å². The van der Waals surface area contributed by atoms with E-state index in [1.165, 1.54) is 30.5 Å². The second kappa shape index (κ2) is 8.88. The molecule has 0 saturated heterocycles. The molecular weight excluding hydrogens is 340 g/mol. The van der Waals surface area contributed by atoms with Crippen molar-refractivity contribution in [2.24, 2.45) is 5.41 Å². The number of carbonyl (C=O) groups excluding carboxylic acids is 2. The Kier molecular flexibility index (Phi) is 7.46. The average Bonchev–Trinajstić information content (AvgIpc) is 2.93. The molecule has 0 aliphatic carbocycles. The second-order valence-electron chi connectivity index (χ2n) is 6.73. The summed E-state index contributed by atoms with van der Waals surface area (Å²) < 4.78 is 9.96. The van der Waals surface area contributed by atoms with Crippen molar-refractivity contribution in [2.45, 2.75) is 26.8 Å². The maximum absolute atomic E-state index is 12.3. The number of nitrogens with one attached hydrogen (secondary N) is 1. The minimum absolute atomic E-state index is 0.147. The van der Waals surface area contributed by atoms with Crippen LogP contribution in [0.15, 0.2) is 6.07 Å². The molecule has 1 unspecified atom stereocenters. The van der Waals surface area contributed by atoms with Crippen molar-refractivity contribution >= 4 is 28.9 Å². The van der Waals surface area contributed by atoms with E-state index < -0.39 is 12.0 Å². The van der Waals surface area contributed by atoms with Crippen LogP contribution in [-0.4, -0.2) is 57.7 Å². The quantitative estimate of drug-likeness (QED) is 0.619. The van der Waals surface area contributed by atoms with E-state index >= 15 is 0 Å². The molecule has 0 spiro atoms. The van der Waals surface area contributed by atoms with E-state index in [-0.39, 0.29) is 17.9 Å². The molecule has 1 aromatic rings. The number of methoxy groups -OCH3 is 2. The number of ether oxygens (including phenoxy) is 2. The highest BCUT2D eigenvalue weighted by molar-refractivity contribution is 7.15. The number of amides is 1. The van der Waals surface area contributed by atoms with Crippen molar-refractivity contribution in [3.8, 4) is 11.8 Å². The van der Waals surface area contributed by atoms with Gasteiger partial charge in [-0.2, -0.15) is 0 Å². The van der Waals surface area contributed by atoms with E-state index in [4.69, 9.17) is 9.47 Å². The molecule has 0 radical (unpaired) electrons. The highest BCUT2D eigenvalue weighted by atomic mass is 32.1. The lowest BCUT2D eigenvalue weighted by atomic mass is 9.98. The van der Waals surface area contributed by atoms with Crippen molar-refractivity contribution in [3.63, 3.8) is 0 Å². The van der Waals surface area contributed by atoms with Gasteiger partial charge in [-0.15, -0.1) is 11.3 Å². The lowest BCUT2D eigenvalue weighted by Crippen LogP contribution is -2.42. The summed E-state index contributed by atoms with van der Waals surface area (Å²) in [6, 6.07) is 1.16. The molecule has 1 aromatic heterocycles. The largest absolute Gasteiger partial charge is 0.465 e. The first-order valence-corrected chi connectivity index (χ1v) is 8.62. The smallest absolute Gasteiger partial charge is 0.350 e. The summed E-state index contributed by atoms with van der Waals surface area (Å²) in [5.74, 6) is 5.60. The lowest BCUT2D eigenvalue weighted by molar-refractivity contribution is -0.130. The number of carbonyl (C=O) groups is 2. The fraction of sp³-hybridized carbons (Fsp3) is 0.556. The van der Waals surface area contributed by atoms with Gasteiger partial charge in [-0.25, -0.2) is 4.79 Å². The van der Waals surface area contributed by atoms with Crippen molar-refractivity contribution in [2.75, 3.05) is 40.2 Å². The zero-order valence-electron chi connectivity index (χ0n) is 15.9. The average molecular weight is 366 g/mol. The topological polar surface area (TPSA) is 67.9 Å². The maximum Gasteiger partial charge on any atom is 0.350 e. The van der Waals surface area contributed by atoms with E-state index in [0.29, 0.717) is 10.6 Å². The Morgan fingerprint density at radius 3 is 2.44 bits per heavy atom. The minimum atomic E-state index is -0.610. The van der Waals surface area contributed by atoms with Crippen molar-refractivity contribution in [1.82, 2.24) is 4.90 Å². The predicted molar refractivity (Wildman–Crippen MR) is 100.0 cm³/mol. The van der Waals surface area contributed by atoms with Gasteiger partial charge in [0.05, 0.1) is 24.3 Å². The third-order valence-electron chi connectivity index (χ3n) is 3.07. The molecule has 0 saturated carbocycles. The highest BCUT2D eigenvalue weighted by Gasteiger charge is 2.24. The summed E-state index contributed by atoms with van der Waals surface area (Å²) in [6.45, 7) is 6.21. The normalized spacial score (nSPS) is 12.0. The third kappa shape index (κ3) is 6.40. The Balaban J connectivity index is 3.21. The molecule has 25 heavy (non-hydrogen) atoms. The Bertz CT molecular complexity index is 677. The maximum atomic E-state index is 12.3. The van der Waals surface area contributed by atoms with Crippen molar-refractivity contribution in [3.05, 3.63) is 15.8 Å². The fourth-order valence-electron chi connectivity index (χ4n) is 1.89. The SMILES string of the molecule is COCC(Nc1cc(C#CC(C)(C)C)sc1C(=O)OC)C(=O)N(C)C. The first-order valence-electron chi connectivity index (χ1n) is 7.81.